The fraction of sp³-hybridized carbons (Fsp3) is 0.684. The summed E-state index contributed by atoms with van der Waals surface area (Å²) in [6, 6.07) is 3.50. The Morgan fingerprint density at radius 3 is 2.56 bits per heavy atom. The Kier molecular flexibility index (Phi) is 9.45. The molecular weight excluding hydrogens is 320 g/mol. The highest BCUT2D eigenvalue weighted by molar-refractivity contribution is 5.96. The van der Waals surface area contributed by atoms with Crippen molar-refractivity contribution in [1.82, 2.24) is 4.98 Å². The van der Waals surface area contributed by atoms with Crippen LogP contribution in [0.15, 0.2) is 18.3 Å². The zero-order valence-electron chi connectivity index (χ0n) is 16.1. The third-order valence-electron chi connectivity index (χ3n) is 3.58. The average Bonchev–Trinajstić information content (AvgIpc) is 2.57. The van der Waals surface area contributed by atoms with Gasteiger partial charge in [-0.2, -0.15) is 0 Å². The van der Waals surface area contributed by atoms with Crippen molar-refractivity contribution < 1.29 is 19.0 Å². The minimum atomic E-state index is -0.850. The molecule has 1 amide bonds. The summed E-state index contributed by atoms with van der Waals surface area (Å²) in [5, 5.41) is 2.89. The number of pyridine rings is 1. The van der Waals surface area contributed by atoms with Gasteiger partial charge in [0.15, 0.2) is 0 Å². The summed E-state index contributed by atoms with van der Waals surface area (Å²) in [6.45, 7) is 12.2. The predicted molar refractivity (Wildman–Crippen MR) is 99.0 cm³/mol. The van der Waals surface area contributed by atoms with Crippen LogP contribution in [-0.4, -0.2) is 42.9 Å². The summed E-state index contributed by atoms with van der Waals surface area (Å²) in [6.07, 6.45) is 3.12. The zero-order chi connectivity index (χ0) is 18.7. The van der Waals surface area contributed by atoms with Gasteiger partial charge in [-0.15, -0.1) is 0 Å². The number of amides is 1. The Hall–Kier alpha value is -1.66. The molecule has 1 aromatic heterocycles. The Balaban J connectivity index is 2.63. The van der Waals surface area contributed by atoms with Crippen molar-refractivity contribution in [3.05, 3.63) is 18.3 Å². The van der Waals surface area contributed by atoms with Crippen molar-refractivity contribution in [2.24, 2.45) is 5.92 Å². The first-order valence-corrected chi connectivity index (χ1v) is 9.03. The highest BCUT2D eigenvalue weighted by Gasteiger charge is 2.35. The van der Waals surface area contributed by atoms with Crippen molar-refractivity contribution >= 4 is 11.6 Å². The first kappa shape index (κ1) is 21.4. The van der Waals surface area contributed by atoms with E-state index in [4.69, 9.17) is 14.2 Å². The van der Waals surface area contributed by atoms with Crippen LogP contribution in [0.1, 0.15) is 47.5 Å². The zero-order valence-corrected chi connectivity index (χ0v) is 16.1. The molecule has 0 aliphatic carbocycles. The highest BCUT2D eigenvalue weighted by atomic mass is 16.5. The normalized spacial score (nSPS) is 13.5. The van der Waals surface area contributed by atoms with Gasteiger partial charge in [0, 0.05) is 19.3 Å². The van der Waals surface area contributed by atoms with E-state index in [1.54, 1.807) is 18.3 Å². The van der Waals surface area contributed by atoms with Crippen LogP contribution in [-0.2, 0) is 14.3 Å². The number of nitrogens with zero attached hydrogens (tertiary/aromatic N) is 1. The molecule has 0 unspecified atom stereocenters. The smallest absolute Gasteiger partial charge is 0.256 e. The molecule has 0 bridgehead atoms. The second-order valence-corrected chi connectivity index (χ2v) is 6.56. The molecule has 25 heavy (non-hydrogen) atoms. The van der Waals surface area contributed by atoms with E-state index in [9.17, 15) is 4.79 Å². The lowest BCUT2D eigenvalue weighted by Gasteiger charge is -2.30. The third kappa shape index (κ3) is 7.84. The van der Waals surface area contributed by atoms with Gasteiger partial charge in [-0.1, -0.05) is 20.8 Å². The van der Waals surface area contributed by atoms with E-state index < -0.39 is 5.60 Å². The van der Waals surface area contributed by atoms with E-state index in [-0.39, 0.29) is 5.91 Å². The Morgan fingerprint density at radius 2 is 2.00 bits per heavy atom. The summed E-state index contributed by atoms with van der Waals surface area (Å²) in [7, 11) is 0. The number of rotatable bonds is 12. The lowest BCUT2D eigenvalue weighted by Crippen LogP contribution is -2.44. The van der Waals surface area contributed by atoms with Gasteiger partial charge in [-0.3, -0.25) is 4.79 Å². The van der Waals surface area contributed by atoms with E-state index in [2.05, 4.69) is 24.1 Å². The van der Waals surface area contributed by atoms with Gasteiger partial charge in [-0.05, 0) is 38.7 Å². The number of hydrogen-bond donors (Lipinski definition) is 1. The lowest BCUT2D eigenvalue weighted by molar-refractivity contribution is -0.141. The molecule has 1 heterocycles. The third-order valence-corrected chi connectivity index (χ3v) is 3.58. The SMILES string of the molecule is CCCO[C@](C)(CC(C)C)C(=O)Nc1ccc(OCCOCC)nc1. The number of nitrogens with one attached hydrogen (secondary N) is 1. The van der Waals surface area contributed by atoms with Crippen molar-refractivity contribution in [2.45, 2.75) is 53.1 Å². The summed E-state index contributed by atoms with van der Waals surface area (Å²) in [5.74, 6) is 0.707. The molecule has 0 aliphatic rings. The second-order valence-electron chi connectivity index (χ2n) is 6.56. The second kappa shape index (κ2) is 11.1. The molecule has 0 aliphatic heterocycles. The molecule has 1 aromatic rings. The van der Waals surface area contributed by atoms with Gasteiger partial charge in [-0.25, -0.2) is 4.98 Å². The van der Waals surface area contributed by atoms with Crippen LogP contribution in [0.4, 0.5) is 5.69 Å². The van der Waals surface area contributed by atoms with E-state index in [1.807, 2.05) is 20.8 Å². The van der Waals surface area contributed by atoms with Gasteiger partial charge >= 0.3 is 0 Å². The number of hydrogen-bond acceptors (Lipinski definition) is 5. The van der Waals surface area contributed by atoms with Crippen molar-refractivity contribution in [3.63, 3.8) is 0 Å². The van der Waals surface area contributed by atoms with Gasteiger partial charge in [0.1, 0.15) is 12.2 Å². The van der Waals surface area contributed by atoms with Crippen LogP contribution in [0.25, 0.3) is 0 Å². The van der Waals surface area contributed by atoms with Crippen LogP contribution in [0, 0.1) is 5.92 Å². The Labute approximate surface area is 151 Å². The molecule has 1 rings (SSSR count). The van der Waals surface area contributed by atoms with Crippen LogP contribution >= 0.6 is 0 Å². The molecule has 1 N–H and O–H groups in total. The number of aromatic nitrogens is 1. The van der Waals surface area contributed by atoms with Gasteiger partial charge in [0.2, 0.25) is 5.88 Å². The van der Waals surface area contributed by atoms with E-state index in [0.29, 0.717) is 50.3 Å². The van der Waals surface area contributed by atoms with Crippen LogP contribution in [0.5, 0.6) is 5.88 Å². The predicted octanol–water partition coefficient (Wildman–Crippen LogP) is 3.67. The van der Waals surface area contributed by atoms with Crippen molar-refractivity contribution in [1.29, 1.82) is 0 Å². The van der Waals surface area contributed by atoms with Gasteiger partial charge in [0.25, 0.3) is 5.91 Å². The molecule has 0 fully saturated rings. The number of carbonyl (C=O) groups is 1. The number of anilines is 1. The lowest BCUT2D eigenvalue weighted by atomic mass is 9.93. The van der Waals surface area contributed by atoms with Crippen molar-refractivity contribution in [3.8, 4) is 5.88 Å². The topological polar surface area (TPSA) is 69.7 Å². The Morgan fingerprint density at radius 1 is 1.24 bits per heavy atom. The fourth-order valence-electron chi connectivity index (χ4n) is 2.48. The molecular formula is C19H32N2O4. The minimum absolute atomic E-state index is 0.151. The first-order valence-electron chi connectivity index (χ1n) is 9.03. The van der Waals surface area contributed by atoms with E-state index in [1.165, 1.54) is 0 Å². The summed E-state index contributed by atoms with van der Waals surface area (Å²) < 4.78 is 16.5. The molecule has 1 atom stereocenters. The maximum atomic E-state index is 12.7. The Bertz CT molecular complexity index is 505. The summed E-state index contributed by atoms with van der Waals surface area (Å²) >= 11 is 0. The summed E-state index contributed by atoms with van der Waals surface area (Å²) in [4.78, 5) is 16.9. The maximum absolute atomic E-state index is 12.7. The number of ether oxygens (including phenoxy) is 3. The highest BCUT2D eigenvalue weighted by Crippen LogP contribution is 2.24. The molecule has 0 saturated heterocycles. The monoisotopic (exact) mass is 352 g/mol. The van der Waals surface area contributed by atoms with E-state index in [0.717, 1.165) is 6.42 Å². The minimum Gasteiger partial charge on any atom is -0.475 e. The number of carbonyl (C=O) groups excluding carboxylic acids is 1. The van der Waals surface area contributed by atoms with Gasteiger partial charge in [0.05, 0.1) is 18.5 Å². The quantitative estimate of drug-likeness (QED) is 0.581. The fourth-order valence-corrected chi connectivity index (χ4v) is 2.48. The van der Waals surface area contributed by atoms with E-state index >= 15 is 0 Å². The van der Waals surface area contributed by atoms with Crippen molar-refractivity contribution in [2.75, 3.05) is 31.7 Å². The molecule has 6 nitrogen and oxygen atoms in total. The summed E-state index contributed by atoms with van der Waals surface area (Å²) in [5.41, 5.74) is -0.228. The van der Waals surface area contributed by atoms with Crippen LogP contribution < -0.4 is 10.1 Å². The molecule has 0 spiro atoms. The largest absolute Gasteiger partial charge is 0.475 e. The molecule has 142 valence electrons. The standard InChI is InChI=1S/C19H32N2O4/c1-6-10-25-19(5,13-15(3)4)18(22)21-16-8-9-17(20-14-16)24-12-11-23-7-2/h8-9,14-15H,6-7,10-13H2,1-5H3,(H,21,22)/t19-/m1/s1. The molecule has 0 saturated carbocycles. The molecule has 6 heteroatoms. The average molecular weight is 352 g/mol. The first-order chi connectivity index (χ1) is 11.9. The maximum Gasteiger partial charge on any atom is 0.256 e. The van der Waals surface area contributed by atoms with Crippen LogP contribution in [0.2, 0.25) is 0 Å². The van der Waals surface area contributed by atoms with Crippen LogP contribution in [0.3, 0.4) is 0 Å². The molecule has 0 aromatic carbocycles. The van der Waals surface area contributed by atoms with Gasteiger partial charge < -0.3 is 19.5 Å². The molecule has 0 radical (unpaired) electrons.